The Morgan fingerprint density at radius 2 is 1.88 bits per heavy atom. The summed E-state index contributed by atoms with van der Waals surface area (Å²) in [6.07, 6.45) is -4.41. The quantitative estimate of drug-likeness (QED) is 0.852. The van der Waals surface area contributed by atoms with Crippen molar-refractivity contribution in [1.29, 1.82) is 0 Å². The molecule has 0 saturated carbocycles. The molecule has 94 valence electrons. The van der Waals surface area contributed by atoms with Crippen LogP contribution >= 0.6 is 0 Å². The summed E-state index contributed by atoms with van der Waals surface area (Å²) in [5.41, 5.74) is 5.60. The van der Waals surface area contributed by atoms with Crippen molar-refractivity contribution in [3.8, 4) is 5.75 Å². The average Bonchev–Trinajstić information content (AvgIpc) is 2.25. The number of aliphatic carboxylic acids is 1. The lowest BCUT2D eigenvalue weighted by atomic mass is 10.1. The molecule has 0 spiro atoms. The van der Waals surface area contributed by atoms with Crippen LogP contribution in [0.5, 0.6) is 5.75 Å². The fourth-order valence-electron chi connectivity index (χ4n) is 1.08. The summed E-state index contributed by atoms with van der Waals surface area (Å²) in [4.78, 5) is 10.5. The van der Waals surface area contributed by atoms with Gasteiger partial charge in [-0.2, -0.15) is 13.2 Å². The van der Waals surface area contributed by atoms with Gasteiger partial charge in [-0.3, -0.25) is 4.79 Å². The maximum absolute atomic E-state index is 11.8. The van der Waals surface area contributed by atoms with E-state index in [1.54, 1.807) is 0 Å². The van der Waals surface area contributed by atoms with Crippen molar-refractivity contribution < 1.29 is 27.8 Å². The molecule has 4 nitrogen and oxygen atoms in total. The number of hydrogen-bond acceptors (Lipinski definition) is 3. The monoisotopic (exact) mass is 249 g/mol. The summed E-state index contributed by atoms with van der Waals surface area (Å²) in [5.74, 6) is -1.21. The number of hydrogen-bond donors (Lipinski definition) is 2. The first-order valence-electron chi connectivity index (χ1n) is 4.57. The summed E-state index contributed by atoms with van der Waals surface area (Å²) in [7, 11) is 0. The summed E-state index contributed by atoms with van der Waals surface area (Å²) in [6, 6.07) is 3.90. The molecule has 1 aromatic carbocycles. The normalized spacial score (nSPS) is 13.2. The molecule has 0 bridgehead atoms. The first-order chi connectivity index (χ1) is 7.79. The molecule has 0 saturated heterocycles. The Labute approximate surface area is 94.8 Å². The van der Waals surface area contributed by atoms with E-state index in [1.807, 2.05) is 0 Å². The number of carboxylic acid groups (broad SMARTS) is 1. The standard InChI is InChI=1S/C10H10F3NO3/c11-10(12,13)5-17-7-3-1-6(2-4-7)8(14)9(15)16/h1-4,8H,5,14H2,(H,15,16). The fraction of sp³-hybridized carbons (Fsp3) is 0.300. The second-order valence-corrected chi connectivity index (χ2v) is 3.29. The van der Waals surface area contributed by atoms with Gasteiger partial charge in [0.25, 0.3) is 0 Å². The molecule has 0 aliphatic heterocycles. The number of ether oxygens (including phenoxy) is 1. The average molecular weight is 249 g/mol. The summed E-state index contributed by atoms with van der Waals surface area (Å²) in [6.45, 7) is -1.39. The van der Waals surface area contributed by atoms with Crippen molar-refractivity contribution in [2.45, 2.75) is 12.2 Å². The van der Waals surface area contributed by atoms with Gasteiger partial charge in [0.2, 0.25) is 0 Å². The second-order valence-electron chi connectivity index (χ2n) is 3.29. The maximum atomic E-state index is 11.8. The van der Waals surface area contributed by atoms with Crippen LogP contribution in [0.3, 0.4) is 0 Å². The summed E-state index contributed by atoms with van der Waals surface area (Å²) >= 11 is 0. The molecule has 3 N–H and O–H groups in total. The van der Waals surface area contributed by atoms with Gasteiger partial charge in [0.15, 0.2) is 6.61 Å². The van der Waals surface area contributed by atoms with Crippen molar-refractivity contribution in [1.82, 2.24) is 0 Å². The molecule has 1 rings (SSSR count). The van der Waals surface area contributed by atoms with E-state index < -0.39 is 24.8 Å². The van der Waals surface area contributed by atoms with Gasteiger partial charge in [-0.1, -0.05) is 12.1 Å². The maximum Gasteiger partial charge on any atom is 0.422 e. The van der Waals surface area contributed by atoms with Gasteiger partial charge in [-0.15, -0.1) is 0 Å². The lowest BCUT2D eigenvalue weighted by molar-refractivity contribution is -0.153. The van der Waals surface area contributed by atoms with Crippen LogP contribution in [0.1, 0.15) is 11.6 Å². The molecule has 0 radical (unpaired) electrons. The van der Waals surface area contributed by atoms with E-state index in [0.717, 1.165) is 0 Å². The van der Waals surface area contributed by atoms with E-state index in [4.69, 9.17) is 10.8 Å². The Morgan fingerprint density at radius 3 is 2.29 bits per heavy atom. The summed E-state index contributed by atoms with van der Waals surface area (Å²) < 4.78 is 39.9. The minimum Gasteiger partial charge on any atom is -0.484 e. The van der Waals surface area contributed by atoms with Crippen LogP contribution in [-0.4, -0.2) is 23.9 Å². The SMILES string of the molecule is NC(C(=O)O)c1ccc(OCC(F)(F)F)cc1. The minimum absolute atomic E-state index is 0.00339. The highest BCUT2D eigenvalue weighted by Crippen LogP contribution is 2.20. The van der Waals surface area contributed by atoms with Crippen LogP contribution in [0.25, 0.3) is 0 Å². The Bertz CT molecular complexity index is 389. The van der Waals surface area contributed by atoms with E-state index in [-0.39, 0.29) is 11.3 Å². The minimum atomic E-state index is -4.41. The predicted molar refractivity (Wildman–Crippen MR) is 52.6 cm³/mol. The van der Waals surface area contributed by atoms with E-state index in [0.29, 0.717) is 0 Å². The zero-order valence-electron chi connectivity index (χ0n) is 8.57. The zero-order chi connectivity index (χ0) is 13.1. The second kappa shape index (κ2) is 5.05. The Hall–Kier alpha value is -1.76. The Morgan fingerprint density at radius 1 is 1.35 bits per heavy atom. The van der Waals surface area contributed by atoms with Crippen LogP contribution in [-0.2, 0) is 4.79 Å². The molecule has 1 atom stereocenters. The van der Waals surface area contributed by atoms with Crippen LogP contribution < -0.4 is 10.5 Å². The molecular weight excluding hydrogens is 239 g/mol. The van der Waals surface area contributed by atoms with Gasteiger partial charge >= 0.3 is 12.1 Å². The number of carbonyl (C=O) groups is 1. The molecule has 0 aliphatic carbocycles. The van der Waals surface area contributed by atoms with Crippen molar-refractivity contribution >= 4 is 5.97 Å². The van der Waals surface area contributed by atoms with Gasteiger partial charge in [-0.05, 0) is 17.7 Å². The zero-order valence-corrected chi connectivity index (χ0v) is 8.57. The molecule has 7 heteroatoms. The van der Waals surface area contributed by atoms with E-state index in [2.05, 4.69) is 4.74 Å². The van der Waals surface area contributed by atoms with Gasteiger partial charge in [0.1, 0.15) is 11.8 Å². The van der Waals surface area contributed by atoms with Crippen LogP contribution in [0.4, 0.5) is 13.2 Å². The number of halogens is 3. The Balaban J connectivity index is 2.65. The van der Waals surface area contributed by atoms with Gasteiger partial charge < -0.3 is 15.6 Å². The van der Waals surface area contributed by atoms with Gasteiger partial charge in [-0.25, -0.2) is 0 Å². The smallest absolute Gasteiger partial charge is 0.422 e. The number of benzene rings is 1. The Kier molecular flexibility index (Phi) is 3.95. The molecule has 17 heavy (non-hydrogen) atoms. The highest BCUT2D eigenvalue weighted by molar-refractivity contribution is 5.75. The number of nitrogens with two attached hydrogens (primary N) is 1. The number of carboxylic acids is 1. The first-order valence-corrected chi connectivity index (χ1v) is 4.57. The largest absolute Gasteiger partial charge is 0.484 e. The third-order valence-corrected chi connectivity index (χ3v) is 1.91. The van der Waals surface area contributed by atoms with Gasteiger partial charge in [0.05, 0.1) is 0 Å². The lowest BCUT2D eigenvalue weighted by Gasteiger charge is -2.10. The van der Waals surface area contributed by atoms with Crippen LogP contribution in [0.2, 0.25) is 0 Å². The molecule has 0 aromatic heterocycles. The molecule has 1 unspecified atom stereocenters. The van der Waals surface area contributed by atoms with E-state index >= 15 is 0 Å². The van der Waals surface area contributed by atoms with E-state index in [1.165, 1.54) is 24.3 Å². The summed E-state index contributed by atoms with van der Waals surface area (Å²) in [5, 5.41) is 8.61. The van der Waals surface area contributed by atoms with Crippen LogP contribution in [0, 0.1) is 0 Å². The fourth-order valence-corrected chi connectivity index (χ4v) is 1.08. The molecule has 0 amide bonds. The third kappa shape index (κ3) is 4.31. The highest BCUT2D eigenvalue weighted by atomic mass is 19.4. The molecule has 0 aliphatic rings. The molecular formula is C10H10F3NO3. The predicted octanol–water partition coefficient (Wildman–Crippen LogP) is 1.71. The van der Waals surface area contributed by atoms with Crippen LogP contribution in [0.15, 0.2) is 24.3 Å². The third-order valence-electron chi connectivity index (χ3n) is 1.91. The van der Waals surface area contributed by atoms with Crippen molar-refractivity contribution in [2.75, 3.05) is 6.61 Å². The lowest BCUT2D eigenvalue weighted by Crippen LogP contribution is -2.21. The van der Waals surface area contributed by atoms with E-state index in [9.17, 15) is 18.0 Å². The van der Waals surface area contributed by atoms with Crippen molar-refractivity contribution in [2.24, 2.45) is 5.73 Å². The topological polar surface area (TPSA) is 72.6 Å². The van der Waals surface area contributed by atoms with Crippen molar-refractivity contribution in [3.63, 3.8) is 0 Å². The molecule has 1 aromatic rings. The first kappa shape index (κ1) is 13.3. The number of alkyl halides is 3. The number of rotatable bonds is 4. The molecule has 0 heterocycles. The molecule has 0 fully saturated rings. The van der Waals surface area contributed by atoms with Gasteiger partial charge in [0, 0.05) is 0 Å². The van der Waals surface area contributed by atoms with Crippen molar-refractivity contribution in [3.05, 3.63) is 29.8 Å². The highest BCUT2D eigenvalue weighted by Gasteiger charge is 2.28.